The van der Waals surface area contributed by atoms with E-state index in [2.05, 4.69) is 4.90 Å². The lowest BCUT2D eigenvalue weighted by atomic mass is 9.90. The molecule has 1 aliphatic carbocycles. The Morgan fingerprint density at radius 1 is 1.05 bits per heavy atom. The van der Waals surface area contributed by atoms with Crippen LogP contribution in [-0.2, 0) is 14.3 Å². The average molecular weight is 268 g/mol. The van der Waals surface area contributed by atoms with Crippen molar-refractivity contribution in [3.8, 4) is 0 Å². The first-order chi connectivity index (χ1) is 9.22. The van der Waals surface area contributed by atoms with Crippen LogP contribution < -0.4 is 5.73 Å². The first-order valence-electron chi connectivity index (χ1n) is 7.42. The zero-order valence-corrected chi connectivity index (χ0v) is 11.5. The molecule has 2 fully saturated rings. The highest BCUT2D eigenvalue weighted by Gasteiger charge is 2.35. The first-order valence-corrected chi connectivity index (χ1v) is 7.42. The van der Waals surface area contributed by atoms with Gasteiger partial charge >= 0.3 is 11.9 Å². The average Bonchev–Trinajstić information content (AvgIpc) is 2.48. The Hall–Kier alpha value is -0.940. The molecule has 0 aromatic rings. The molecule has 0 radical (unpaired) electrons. The van der Waals surface area contributed by atoms with Gasteiger partial charge in [0.25, 0.3) is 0 Å². The second-order valence-corrected chi connectivity index (χ2v) is 5.54. The van der Waals surface area contributed by atoms with E-state index >= 15 is 0 Å². The van der Waals surface area contributed by atoms with Crippen molar-refractivity contribution in [1.82, 2.24) is 4.90 Å². The quantitative estimate of drug-likeness (QED) is 0.615. The summed E-state index contributed by atoms with van der Waals surface area (Å²) >= 11 is 0. The van der Waals surface area contributed by atoms with E-state index in [1.54, 1.807) is 0 Å². The predicted octanol–water partition coefficient (Wildman–Crippen LogP) is 1.20. The molecule has 0 aromatic heterocycles. The van der Waals surface area contributed by atoms with E-state index in [0.29, 0.717) is 6.04 Å². The van der Waals surface area contributed by atoms with Gasteiger partial charge in [-0.25, -0.2) is 4.79 Å². The number of carbonyl (C=O) groups is 2. The Kier molecular flexibility index (Phi) is 5.34. The van der Waals surface area contributed by atoms with Crippen molar-refractivity contribution < 1.29 is 14.3 Å². The van der Waals surface area contributed by atoms with Gasteiger partial charge in [0.15, 0.2) is 0 Å². The fourth-order valence-corrected chi connectivity index (χ4v) is 3.28. The molecule has 1 atom stereocenters. The van der Waals surface area contributed by atoms with Crippen LogP contribution in [-0.4, -0.2) is 42.0 Å². The topological polar surface area (TPSA) is 72.6 Å². The van der Waals surface area contributed by atoms with Crippen molar-refractivity contribution >= 4 is 11.9 Å². The summed E-state index contributed by atoms with van der Waals surface area (Å²) in [6, 6.07) is 0.243. The van der Waals surface area contributed by atoms with Gasteiger partial charge in [-0.2, -0.15) is 0 Å². The van der Waals surface area contributed by atoms with E-state index in [4.69, 9.17) is 10.5 Å². The summed E-state index contributed by atoms with van der Waals surface area (Å²) < 4.78 is 4.82. The Morgan fingerprint density at radius 3 is 2.42 bits per heavy atom. The zero-order chi connectivity index (χ0) is 13.7. The van der Waals surface area contributed by atoms with Gasteiger partial charge in [0.1, 0.15) is 6.04 Å². The second kappa shape index (κ2) is 7.01. The smallest absolute Gasteiger partial charge is 0.331 e. The van der Waals surface area contributed by atoms with Crippen molar-refractivity contribution in [1.29, 1.82) is 0 Å². The van der Waals surface area contributed by atoms with E-state index in [1.165, 1.54) is 19.3 Å². The molecule has 5 heteroatoms. The molecule has 1 saturated heterocycles. The van der Waals surface area contributed by atoms with Crippen molar-refractivity contribution in [2.75, 3.05) is 13.1 Å². The molecule has 1 heterocycles. The third-order valence-corrected chi connectivity index (χ3v) is 4.24. The Bertz CT molecular complexity index is 327. The molecule has 0 amide bonds. The maximum atomic E-state index is 12.1. The summed E-state index contributed by atoms with van der Waals surface area (Å²) in [6.45, 7) is 0.711. The van der Waals surface area contributed by atoms with Crippen LogP contribution in [0.15, 0.2) is 0 Å². The molecule has 2 rings (SSSR count). The van der Waals surface area contributed by atoms with Gasteiger partial charge < -0.3 is 10.5 Å². The Balaban J connectivity index is 1.98. The lowest BCUT2D eigenvalue weighted by Gasteiger charge is -2.41. The molecule has 1 aliphatic heterocycles. The molecule has 0 aromatic carbocycles. The summed E-state index contributed by atoms with van der Waals surface area (Å²) in [5, 5.41) is 0. The molecule has 2 aliphatic rings. The monoisotopic (exact) mass is 268 g/mol. The lowest BCUT2D eigenvalue weighted by Crippen LogP contribution is -2.51. The number of esters is 2. The summed E-state index contributed by atoms with van der Waals surface area (Å²) in [6.07, 6.45) is 9.06. The number of hydrogen-bond acceptors (Lipinski definition) is 5. The molecule has 0 spiro atoms. The van der Waals surface area contributed by atoms with Gasteiger partial charge in [-0.3, -0.25) is 9.69 Å². The van der Waals surface area contributed by atoms with Crippen LogP contribution in [0.4, 0.5) is 0 Å². The van der Waals surface area contributed by atoms with E-state index in [-0.39, 0.29) is 12.6 Å². The molecule has 1 saturated carbocycles. The van der Waals surface area contributed by atoms with Crippen LogP contribution in [0.5, 0.6) is 0 Å². The number of ether oxygens (including phenoxy) is 1. The third-order valence-electron chi connectivity index (χ3n) is 4.24. The highest BCUT2D eigenvalue weighted by molar-refractivity contribution is 5.89. The molecule has 5 nitrogen and oxygen atoms in total. The maximum absolute atomic E-state index is 12.1. The Labute approximate surface area is 114 Å². The number of rotatable bonds is 3. The standard InChI is InChI=1S/C14H24N2O3/c15-10-13(17)19-14(18)12-8-4-5-9-16(12)11-6-2-1-3-7-11/h11-12H,1-10,15H2. The van der Waals surface area contributed by atoms with Crippen LogP contribution >= 0.6 is 0 Å². The van der Waals surface area contributed by atoms with E-state index < -0.39 is 11.9 Å². The number of piperidine rings is 1. The first kappa shape index (κ1) is 14.5. The SMILES string of the molecule is NCC(=O)OC(=O)C1CCCCN1C1CCCCC1. The summed E-state index contributed by atoms with van der Waals surface area (Å²) in [4.78, 5) is 25.5. The van der Waals surface area contributed by atoms with Crippen LogP contribution in [0, 0.1) is 0 Å². The number of nitrogens with zero attached hydrogens (tertiary/aromatic N) is 1. The van der Waals surface area contributed by atoms with Gasteiger partial charge in [-0.1, -0.05) is 25.7 Å². The lowest BCUT2D eigenvalue weighted by molar-refractivity contribution is -0.164. The fraction of sp³-hybridized carbons (Fsp3) is 0.857. The summed E-state index contributed by atoms with van der Waals surface area (Å²) in [7, 11) is 0. The van der Waals surface area contributed by atoms with Crippen molar-refractivity contribution in [2.45, 2.75) is 63.5 Å². The van der Waals surface area contributed by atoms with E-state index in [0.717, 1.165) is 38.6 Å². The normalized spacial score (nSPS) is 26.1. The van der Waals surface area contributed by atoms with Gasteiger partial charge in [-0.05, 0) is 32.2 Å². The molecular formula is C14H24N2O3. The van der Waals surface area contributed by atoms with Crippen LogP contribution in [0.3, 0.4) is 0 Å². The third kappa shape index (κ3) is 3.76. The minimum absolute atomic E-state index is 0.234. The largest absolute Gasteiger partial charge is 0.391 e. The minimum Gasteiger partial charge on any atom is -0.391 e. The molecule has 19 heavy (non-hydrogen) atoms. The van der Waals surface area contributed by atoms with Crippen LogP contribution in [0.25, 0.3) is 0 Å². The highest BCUT2D eigenvalue weighted by atomic mass is 16.6. The van der Waals surface area contributed by atoms with E-state index in [1.807, 2.05) is 0 Å². The predicted molar refractivity (Wildman–Crippen MR) is 71.4 cm³/mol. The molecule has 0 bridgehead atoms. The van der Waals surface area contributed by atoms with Crippen molar-refractivity contribution in [3.63, 3.8) is 0 Å². The van der Waals surface area contributed by atoms with Crippen molar-refractivity contribution in [2.24, 2.45) is 5.73 Å². The van der Waals surface area contributed by atoms with Crippen molar-refractivity contribution in [3.05, 3.63) is 0 Å². The summed E-state index contributed by atoms with van der Waals surface area (Å²) in [5.41, 5.74) is 5.19. The number of carbonyl (C=O) groups excluding carboxylic acids is 2. The highest BCUT2D eigenvalue weighted by Crippen LogP contribution is 2.29. The zero-order valence-electron chi connectivity index (χ0n) is 11.5. The number of nitrogens with two attached hydrogens (primary N) is 1. The van der Waals surface area contributed by atoms with Gasteiger partial charge in [0.05, 0.1) is 6.54 Å². The number of hydrogen-bond donors (Lipinski definition) is 1. The van der Waals surface area contributed by atoms with Gasteiger partial charge in [-0.15, -0.1) is 0 Å². The van der Waals surface area contributed by atoms with E-state index in [9.17, 15) is 9.59 Å². The molecule has 1 unspecified atom stereocenters. The van der Waals surface area contributed by atoms with Crippen LogP contribution in [0.2, 0.25) is 0 Å². The number of likely N-dealkylation sites (tertiary alicyclic amines) is 1. The molecule has 2 N–H and O–H groups in total. The Morgan fingerprint density at radius 2 is 1.74 bits per heavy atom. The van der Waals surface area contributed by atoms with Crippen LogP contribution in [0.1, 0.15) is 51.4 Å². The molecular weight excluding hydrogens is 244 g/mol. The molecule has 108 valence electrons. The fourth-order valence-electron chi connectivity index (χ4n) is 3.28. The van der Waals surface area contributed by atoms with Gasteiger partial charge in [0.2, 0.25) is 0 Å². The minimum atomic E-state index is -0.626. The second-order valence-electron chi connectivity index (χ2n) is 5.54. The summed E-state index contributed by atoms with van der Waals surface area (Å²) in [5.74, 6) is -1.03. The van der Waals surface area contributed by atoms with Gasteiger partial charge in [0, 0.05) is 6.04 Å². The maximum Gasteiger partial charge on any atom is 0.331 e.